The van der Waals surface area contributed by atoms with Crippen LogP contribution in [0.15, 0.2) is 5.83 Å². The zero-order valence-electron chi connectivity index (χ0n) is 14.7. The number of aliphatic hydroxyl groups excluding tert-OH is 1. The van der Waals surface area contributed by atoms with Gasteiger partial charge in [0.1, 0.15) is 11.9 Å². The second-order valence-corrected chi connectivity index (χ2v) is 6.50. The van der Waals surface area contributed by atoms with E-state index < -0.39 is 60.3 Å². The molecule has 1 heterocycles. The summed E-state index contributed by atoms with van der Waals surface area (Å²) in [6.07, 6.45) is -8.59. The fraction of sp³-hybridized carbons (Fsp3) is 0.667. The van der Waals surface area contributed by atoms with Gasteiger partial charge in [-0.15, -0.1) is 0 Å². The van der Waals surface area contributed by atoms with E-state index in [9.17, 15) is 31.4 Å². The Kier molecular flexibility index (Phi) is 5.88. The summed E-state index contributed by atoms with van der Waals surface area (Å²) in [6.45, 7) is 4.25. The Balaban J connectivity index is 2.46. The smallest absolute Gasteiger partial charge is 0.380 e. The van der Waals surface area contributed by atoms with Crippen LogP contribution in [0.2, 0.25) is 0 Å². The molecule has 0 spiro atoms. The largest absolute Gasteiger partial charge is 0.408 e. The van der Waals surface area contributed by atoms with Crippen molar-refractivity contribution < 1.29 is 31.4 Å². The molecular weight excluding hydrogens is 380 g/mol. The van der Waals surface area contributed by atoms with Crippen molar-refractivity contribution in [3.8, 4) is 0 Å². The van der Waals surface area contributed by atoms with Gasteiger partial charge < -0.3 is 15.7 Å². The van der Waals surface area contributed by atoms with Gasteiger partial charge in [0.05, 0.1) is 0 Å². The van der Waals surface area contributed by atoms with Gasteiger partial charge in [-0.1, -0.05) is 0 Å². The molecule has 0 aliphatic heterocycles. The lowest BCUT2D eigenvalue weighted by Gasteiger charge is -2.27. The number of hydrogen-bond acceptors (Lipinski definition) is 6. The Labute approximate surface area is 151 Å². The summed E-state index contributed by atoms with van der Waals surface area (Å²) in [5, 5.41) is 14.2. The minimum Gasteiger partial charge on any atom is -0.380 e. The maximum absolute atomic E-state index is 14.2. The van der Waals surface area contributed by atoms with Crippen LogP contribution < -0.4 is 10.6 Å². The first kappa shape index (κ1) is 21.2. The summed E-state index contributed by atoms with van der Waals surface area (Å²) in [4.78, 5) is 11.4. The quantitative estimate of drug-likeness (QED) is 0.658. The molecule has 6 nitrogen and oxygen atoms in total. The van der Waals surface area contributed by atoms with E-state index >= 15 is 0 Å². The zero-order valence-corrected chi connectivity index (χ0v) is 14.7. The first-order valence-corrected chi connectivity index (χ1v) is 8.12. The third kappa shape index (κ3) is 4.99. The van der Waals surface area contributed by atoms with Crippen LogP contribution in [-0.4, -0.2) is 50.3 Å². The lowest BCUT2D eigenvalue weighted by Crippen LogP contribution is -2.37. The molecule has 0 saturated carbocycles. The van der Waals surface area contributed by atoms with Crippen LogP contribution in [-0.2, 0) is 0 Å². The van der Waals surface area contributed by atoms with Crippen molar-refractivity contribution in [3.05, 3.63) is 11.7 Å². The van der Waals surface area contributed by atoms with E-state index in [0.717, 1.165) is 6.92 Å². The third-order valence-corrected chi connectivity index (χ3v) is 3.80. The molecule has 1 aliphatic carbocycles. The molecule has 1 aromatic heterocycles. The number of aromatic nitrogens is 3. The second-order valence-electron chi connectivity index (χ2n) is 6.50. The van der Waals surface area contributed by atoms with E-state index in [4.69, 9.17) is 0 Å². The SMILES string of the molecule is CC(C)Nc1nc(N[C@H](C)C(F)(F)F)nc(C2=C(F)C(O)C(F)(F)CC2)n1. The van der Waals surface area contributed by atoms with Gasteiger partial charge >= 0.3 is 6.18 Å². The molecule has 0 bridgehead atoms. The Hall–Kier alpha value is -2.11. The van der Waals surface area contributed by atoms with Crippen molar-refractivity contribution in [3.63, 3.8) is 0 Å². The normalized spacial score (nSPS) is 21.4. The summed E-state index contributed by atoms with van der Waals surface area (Å²) >= 11 is 0. The van der Waals surface area contributed by atoms with Crippen LogP contribution >= 0.6 is 0 Å². The monoisotopic (exact) mass is 399 g/mol. The molecule has 0 saturated heterocycles. The van der Waals surface area contributed by atoms with Crippen molar-refractivity contribution in [2.45, 2.75) is 63.9 Å². The summed E-state index contributed by atoms with van der Waals surface area (Å²) in [5.41, 5.74) is -0.398. The van der Waals surface area contributed by atoms with Gasteiger partial charge in [0.2, 0.25) is 11.9 Å². The highest BCUT2D eigenvalue weighted by Crippen LogP contribution is 2.41. The zero-order chi connectivity index (χ0) is 20.6. The molecule has 0 fully saturated rings. The summed E-state index contributed by atoms with van der Waals surface area (Å²) in [7, 11) is 0. The maximum atomic E-state index is 14.2. The van der Waals surface area contributed by atoms with Gasteiger partial charge in [-0.25, -0.2) is 13.2 Å². The molecule has 1 aromatic rings. The average Bonchev–Trinajstić information content (AvgIpc) is 2.51. The maximum Gasteiger partial charge on any atom is 0.408 e. The number of anilines is 2. The van der Waals surface area contributed by atoms with Crippen molar-refractivity contribution in [2.24, 2.45) is 0 Å². The van der Waals surface area contributed by atoms with Crippen molar-refractivity contribution in [2.75, 3.05) is 10.6 Å². The molecule has 3 N–H and O–H groups in total. The fourth-order valence-electron chi connectivity index (χ4n) is 2.29. The number of nitrogens with zero attached hydrogens (tertiary/aromatic N) is 3. The second kappa shape index (κ2) is 7.49. The molecule has 12 heteroatoms. The molecule has 0 aromatic carbocycles. The lowest BCUT2D eigenvalue weighted by atomic mass is 9.92. The summed E-state index contributed by atoms with van der Waals surface area (Å²) < 4.78 is 79.4. The van der Waals surface area contributed by atoms with Crippen LogP contribution in [0, 0.1) is 0 Å². The van der Waals surface area contributed by atoms with Crippen LogP contribution in [0.4, 0.5) is 38.2 Å². The van der Waals surface area contributed by atoms with Crippen molar-refractivity contribution in [1.29, 1.82) is 0 Å². The molecule has 152 valence electrons. The Morgan fingerprint density at radius 2 is 1.63 bits per heavy atom. The lowest BCUT2D eigenvalue weighted by molar-refractivity contribution is -0.138. The third-order valence-electron chi connectivity index (χ3n) is 3.80. The Morgan fingerprint density at radius 1 is 1.07 bits per heavy atom. The van der Waals surface area contributed by atoms with Gasteiger partial charge in [-0.2, -0.15) is 28.1 Å². The van der Waals surface area contributed by atoms with E-state index in [-0.39, 0.29) is 12.0 Å². The number of alkyl halides is 5. The topological polar surface area (TPSA) is 83.0 Å². The van der Waals surface area contributed by atoms with Crippen molar-refractivity contribution in [1.82, 2.24) is 15.0 Å². The average molecular weight is 399 g/mol. The molecule has 2 atom stereocenters. The highest BCUT2D eigenvalue weighted by atomic mass is 19.4. The number of aliphatic hydroxyl groups is 1. The minimum absolute atomic E-state index is 0.154. The van der Waals surface area contributed by atoms with Gasteiger partial charge in [-0.3, -0.25) is 0 Å². The summed E-state index contributed by atoms with van der Waals surface area (Å²) in [5.74, 6) is -6.23. The predicted molar refractivity (Wildman–Crippen MR) is 85.9 cm³/mol. The van der Waals surface area contributed by atoms with E-state index in [2.05, 4.69) is 20.3 Å². The standard InChI is InChI=1S/C15H19F6N5O/c1-6(2)22-12-24-11(8-4-5-14(17,18)10(27)9(8)16)25-13(26-12)23-7(3)15(19,20)21/h6-7,10,27H,4-5H2,1-3H3,(H2,22,23,24,25,26)/t7-,10?/m1/s1. The van der Waals surface area contributed by atoms with E-state index in [1.165, 1.54) is 0 Å². The molecule has 0 amide bonds. The van der Waals surface area contributed by atoms with E-state index in [1.807, 2.05) is 5.32 Å². The number of nitrogens with one attached hydrogen (secondary N) is 2. The van der Waals surface area contributed by atoms with Gasteiger partial charge in [0, 0.05) is 18.0 Å². The number of hydrogen-bond donors (Lipinski definition) is 3. The molecular formula is C15H19F6N5O. The highest BCUT2D eigenvalue weighted by molar-refractivity contribution is 5.66. The number of allylic oxidation sites excluding steroid dienone is 1. The van der Waals surface area contributed by atoms with Gasteiger partial charge in [0.15, 0.2) is 11.9 Å². The fourth-order valence-corrected chi connectivity index (χ4v) is 2.29. The first-order valence-electron chi connectivity index (χ1n) is 8.12. The first-order chi connectivity index (χ1) is 12.3. The number of halogens is 6. The summed E-state index contributed by atoms with van der Waals surface area (Å²) in [6, 6.07) is -2.23. The van der Waals surface area contributed by atoms with E-state index in [1.54, 1.807) is 13.8 Å². The molecule has 27 heavy (non-hydrogen) atoms. The molecule has 0 radical (unpaired) electrons. The highest BCUT2D eigenvalue weighted by Gasteiger charge is 2.46. The van der Waals surface area contributed by atoms with Crippen LogP contribution in [0.5, 0.6) is 0 Å². The Bertz CT molecular complexity index is 721. The van der Waals surface area contributed by atoms with Crippen LogP contribution in [0.3, 0.4) is 0 Å². The van der Waals surface area contributed by atoms with Crippen LogP contribution in [0.25, 0.3) is 5.57 Å². The van der Waals surface area contributed by atoms with Gasteiger partial charge in [-0.05, 0) is 27.2 Å². The van der Waals surface area contributed by atoms with Crippen molar-refractivity contribution >= 4 is 17.5 Å². The Morgan fingerprint density at radius 3 is 2.15 bits per heavy atom. The van der Waals surface area contributed by atoms with E-state index in [0.29, 0.717) is 0 Å². The predicted octanol–water partition coefficient (Wildman–Crippen LogP) is 3.53. The minimum atomic E-state index is -4.59. The van der Waals surface area contributed by atoms with Gasteiger partial charge in [0.25, 0.3) is 5.92 Å². The number of rotatable bonds is 5. The molecule has 1 aliphatic rings. The molecule has 1 unspecified atom stereocenters. The van der Waals surface area contributed by atoms with Crippen LogP contribution in [0.1, 0.15) is 39.4 Å². The molecule has 2 rings (SSSR count).